The number of nitrogens with zero attached hydrogens (tertiary/aromatic N) is 2. The number of methoxy groups -OCH3 is 1. The molecule has 1 saturated heterocycles. The normalized spacial score (nSPS) is 14.7. The van der Waals surface area contributed by atoms with Crippen molar-refractivity contribution in [3.63, 3.8) is 0 Å². The molecule has 1 heterocycles. The van der Waals surface area contributed by atoms with Gasteiger partial charge in [-0.15, -0.1) is 0 Å². The lowest BCUT2D eigenvalue weighted by molar-refractivity contribution is -0.139. The Morgan fingerprint density at radius 2 is 1.57 bits per heavy atom. The van der Waals surface area contributed by atoms with Crippen LogP contribution in [0.15, 0.2) is 24.3 Å². The van der Waals surface area contributed by atoms with Crippen LogP contribution in [0, 0.1) is 0 Å². The minimum absolute atomic E-state index is 0.121. The lowest BCUT2D eigenvalue weighted by Crippen LogP contribution is -2.50. The Hall–Kier alpha value is -2.04. The van der Waals surface area contributed by atoms with Gasteiger partial charge in [-0.05, 0) is 24.1 Å². The summed E-state index contributed by atoms with van der Waals surface area (Å²) in [7, 11) is 1.63. The molecule has 2 amide bonds. The number of carbonyl (C=O) groups is 2. The number of piperazine rings is 1. The molecule has 0 radical (unpaired) electrons. The van der Waals surface area contributed by atoms with Crippen LogP contribution in [0.3, 0.4) is 0 Å². The van der Waals surface area contributed by atoms with Gasteiger partial charge in [-0.3, -0.25) is 9.59 Å². The number of amides is 2. The fourth-order valence-electron chi connectivity index (χ4n) is 2.72. The van der Waals surface area contributed by atoms with Crippen LogP contribution in [0.2, 0.25) is 0 Å². The lowest BCUT2D eigenvalue weighted by Gasteiger charge is -2.35. The van der Waals surface area contributed by atoms with Crippen LogP contribution in [0.5, 0.6) is 5.75 Å². The second-order valence-corrected chi connectivity index (χ2v) is 5.89. The first kappa shape index (κ1) is 17.3. The number of hydrogen-bond donors (Lipinski definition) is 0. The first-order chi connectivity index (χ1) is 11.1. The van der Waals surface area contributed by atoms with Crippen molar-refractivity contribution in [1.29, 1.82) is 0 Å². The molecular formula is C18H26N2O3. The summed E-state index contributed by atoms with van der Waals surface area (Å²) in [6, 6.07) is 7.57. The summed E-state index contributed by atoms with van der Waals surface area (Å²) in [6.45, 7) is 4.65. The SMILES string of the molecule is CCCCC(=O)N1CCN(C(=O)Cc2ccc(OC)cc2)CC1. The maximum Gasteiger partial charge on any atom is 0.227 e. The standard InChI is InChI=1S/C18H26N2O3/c1-3-4-5-17(21)19-10-12-20(13-11-19)18(22)14-15-6-8-16(23-2)9-7-15/h6-9H,3-5,10-14H2,1-2H3. The fraction of sp³-hybridized carbons (Fsp3) is 0.556. The van der Waals surface area contributed by atoms with Gasteiger partial charge < -0.3 is 14.5 Å². The van der Waals surface area contributed by atoms with E-state index < -0.39 is 0 Å². The van der Waals surface area contributed by atoms with Crippen LogP contribution < -0.4 is 4.74 Å². The number of carbonyl (C=O) groups excluding carboxylic acids is 2. The smallest absolute Gasteiger partial charge is 0.227 e. The predicted octanol–water partition coefficient (Wildman–Crippen LogP) is 2.10. The first-order valence-corrected chi connectivity index (χ1v) is 8.32. The van der Waals surface area contributed by atoms with E-state index in [1.807, 2.05) is 34.1 Å². The molecule has 126 valence electrons. The predicted molar refractivity (Wildman–Crippen MR) is 89.4 cm³/mol. The average Bonchev–Trinajstić information content (AvgIpc) is 2.60. The summed E-state index contributed by atoms with van der Waals surface area (Å²) in [5.41, 5.74) is 0.984. The van der Waals surface area contributed by atoms with Crippen molar-refractivity contribution in [1.82, 2.24) is 9.80 Å². The molecular weight excluding hydrogens is 292 g/mol. The van der Waals surface area contributed by atoms with Gasteiger partial charge in [0.05, 0.1) is 13.5 Å². The number of rotatable bonds is 6. The number of ether oxygens (including phenoxy) is 1. The van der Waals surface area contributed by atoms with E-state index in [-0.39, 0.29) is 11.8 Å². The Balaban J connectivity index is 1.79. The van der Waals surface area contributed by atoms with Crippen LogP contribution in [0.25, 0.3) is 0 Å². The number of unbranched alkanes of at least 4 members (excludes halogenated alkanes) is 1. The molecule has 1 aromatic rings. The summed E-state index contributed by atoms with van der Waals surface area (Å²) in [5, 5.41) is 0. The first-order valence-electron chi connectivity index (χ1n) is 8.32. The van der Waals surface area contributed by atoms with Gasteiger partial charge in [0.15, 0.2) is 0 Å². The minimum Gasteiger partial charge on any atom is -0.497 e. The summed E-state index contributed by atoms with van der Waals surface area (Å²) in [4.78, 5) is 28.1. The van der Waals surface area contributed by atoms with E-state index in [4.69, 9.17) is 4.74 Å². The second kappa shape index (κ2) is 8.56. The van der Waals surface area contributed by atoms with Crippen LogP contribution in [-0.4, -0.2) is 54.9 Å². The van der Waals surface area contributed by atoms with Crippen molar-refractivity contribution in [2.75, 3.05) is 33.3 Å². The zero-order valence-corrected chi connectivity index (χ0v) is 14.1. The maximum atomic E-state index is 12.4. The van der Waals surface area contributed by atoms with E-state index >= 15 is 0 Å². The highest BCUT2D eigenvalue weighted by Gasteiger charge is 2.23. The fourth-order valence-corrected chi connectivity index (χ4v) is 2.72. The van der Waals surface area contributed by atoms with Crippen molar-refractivity contribution in [3.05, 3.63) is 29.8 Å². The molecule has 0 aromatic heterocycles. The highest BCUT2D eigenvalue weighted by Crippen LogP contribution is 2.13. The summed E-state index contributed by atoms with van der Waals surface area (Å²) in [5.74, 6) is 1.13. The van der Waals surface area contributed by atoms with Crippen molar-refractivity contribution in [3.8, 4) is 5.75 Å². The van der Waals surface area contributed by atoms with Crippen LogP contribution in [0.4, 0.5) is 0 Å². The molecule has 23 heavy (non-hydrogen) atoms. The Labute approximate surface area is 138 Å². The Bertz CT molecular complexity index is 520. The Morgan fingerprint density at radius 3 is 2.09 bits per heavy atom. The number of hydrogen-bond acceptors (Lipinski definition) is 3. The quantitative estimate of drug-likeness (QED) is 0.807. The Kier molecular flexibility index (Phi) is 6.44. The van der Waals surface area contributed by atoms with Crippen molar-refractivity contribution in [2.45, 2.75) is 32.6 Å². The van der Waals surface area contributed by atoms with Gasteiger partial charge in [-0.25, -0.2) is 0 Å². The molecule has 0 N–H and O–H groups in total. The molecule has 0 unspecified atom stereocenters. The molecule has 1 aromatic carbocycles. The van der Waals surface area contributed by atoms with Gasteiger partial charge >= 0.3 is 0 Å². The number of benzene rings is 1. The molecule has 0 bridgehead atoms. The zero-order valence-electron chi connectivity index (χ0n) is 14.1. The topological polar surface area (TPSA) is 49.9 Å². The highest BCUT2D eigenvalue weighted by atomic mass is 16.5. The monoisotopic (exact) mass is 318 g/mol. The van der Waals surface area contributed by atoms with Crippen LogP contribution in [0.1, 0.15) is 31.7 Å². The van der Waals surface area contributed by atoms with Gasteiger partial charge in [0.2, 0.25) is 11.8 Å². The van der Waals surface area contributed by atoms with Crippen molar-refractivity contribution in [2.24, 2.45) is 0 Å². The van der Waals surface area contributed by atoms with Crippen molar-refractivity contribution >= 4 is 11.8 Å². The van der Waals surface area contributed by atoms with Gasteiger partial charge in [0.1, 0.15) is 5.75 Å². The lowest BCUT2D eigenvalue weighted by atomic mass is 10.1. The van der Waals surface area contributed by atoms with E-state index in [9.17, 15) is 9.59 Å². The minimum atomic E-state index is 0.121. The van der Waals surface area contributed by atoms with Crippen LogP contribution >= 0.6 is 0 Å². The van der Waals surface area contributed by atoms with E-state index in [1.165, 1.54) is 0 Å². The molecule has 0 aliphatic carbocycles. The molecule has 0 spiro atoms. The van der Waals surface area contributed by atoms with Gasteiger partial charge in [0.25, 0.3) is 0 Å². The van der Waals surface area contributed by atoms with E-state index in [1.54, 1.807) is 7.11 Å². The molecule has 5 nitrogen and oxygen atoms in total. The molecule has 0 saturated carbocycles. The third-order valence-corrected chi connectivity index (χ3v) is 4.24. The molecule has 2 rings (SSSR count). The van der Waals surface area contributed by atoms with Gasteiger partial charge in [-0.1, -0.05) is 25.5 Å². The van der Waals surface area contributed by atoms with E-state index in [2.05, 4.69) is 6.92 Å². The van der Waals surface area contributed by atoms with Crippen LogP contribution in [-0.2, 0) is 16.0 Å². The molecule has 1 aliphatic heterocycles. The second-order valence-electron chi connectivity index (χ2n) is 5.89. The summed E-state index contributed by atoms with van der Waals surface area (Å²) < 4.78 is 5.12. The summed E-state index contributed by atoms with van der Waals surface area (Å²) in [6.07, 6.45) is 2.99. The molecule has 0 atom stereocenters. The van der Waals surface area contributed by atoms with Gasteiger partial charge in [-0.2, -0.15) is 0 Å². The van der Waals surface area contributed by atoms with E-state index in [0.29, 0.717) is 39.0 Å². The average molecular weight is 318 g/mol. The third-order valence-electron chi connectivity index (χ3n) is 4.24. The molecule has 5 heteroatoms. The summed E-state index contributed by atoms with van der Waals surface area (Å²) >= 11 is 0. The molecule has 1 fully saturated rings. The largest absolute Gasteiger partial charge is 0.497 e. The van der Waals surface area contributed by atoms with Gasteiger partial charge in [0, 0.05) is 32.6 Å². The Morgan fingerprint density at radius 1 is 1.00 bits per heavy atom. The third kappa shape index (κ3) is 4.98. The highest BCUT2D eigenvalue weighted by molar-refractivity contribution is 5.80. The molecule has 1 aliphatic rings. The maximum absolute atomic E-state index is 12.4. The van der Waals surface area contributed by atoms with E-state index in [0.717, 1.165) is 24.2 Å². The zero-order chi connectivity index (χ0) is 16.7. The van der Waals surface area contributed by atoms with Crippen molar-refractivity contribution < 1.29 is 14.3 Å².